The molecule has 1 amide bonds. The molecule has 2 atom stereocenters. The third-order valence-corrected chi connectivity index (χ3v) is 4.18. The predicted molar refractivity (Wildman–Crippen MR) is 82.2 cm³/mol. The molecule has 1 aliphatic heterocycles. The van der Waals surface area contributed by atoms with E-state index in [9.17, 15) is 9.90 Å². The fourth-order valence-corrected chi connectivity index (χ4v) is 2.72. The lowest BCUT2D eigenvalue weighted by molar-refractivity contribution is -0.139. The second kappa shape index (κ2) is 7.28. The molecule has 5 heteroatoms. The van der Waals surface area contributed by atoms with Gasteiger partial charge in [0.1, 0.15) is 5.75 Å². The summed E-state index contributed by atoms with van der Waals surface area (Å²) in [5.41, 5.74) is 0.562. The third kappa shape index (κ3) is 3.99. The first-order chi connectivity index (χ1) is 10.5. The van der Waals surface area contributed by atoms with Crippen LogP contribution in [0.2, 0.25) is 0 Å². The number of aliphatic hydroxyl groups is 1. The molecule has 1 aliphatic rings. The lowest BCUT2D eigenvalue weighted by Gasteiger charge is -2.34. The van der Waals surface area contributed by atoms with Crippen LogP contribution in [-0.2, 0) is 4.79 Å². The maximum atomic E-state index is 12.4. The van der Waals surface area contributed by atoms with Crippen LogP contribution in [0.4, 0.5) is 0 Å². The molecule has 1 saturated heterocycles. The summed E-state index contributed by atoms with van der Waals surface area (Å²) in [5, 5.41) is 18.4. The predicted octanol–water partition coefficient (Wildman–Crippen LogP) is 1.94. The molecule has 2 unspecified atom stereocenters. The van der Waals surface area contributed by atoms with Crippen molar-refractivity contribution in [2.75, 3.05) is 13.1 Å². The maximum Gasteiger partial charge on any atom is 0.263 e. The molecule has 1 heterocycles. The van der Waals surface area contributed by atoms with Crippen LogP contribution < -0.4 is 4.74 Å². The number of ether oxygens (including phenoxy) is 1. The number of likely N-dealkylation sites (tertiary alicyclic amines) is 1. The number of nitriles is 1. The van der Waals surface area contributed by atoms with Gasteiger partial charge in [-0.3, -0.25) is 4.79 Å². The van der Waals surface area contributed by atoms with Gasteiger partial charge in [0.15, 0.2) is 6.10 Å². The van der Waals surface area contributed by atoms with Gasteiger partial charge in [-0.2, -0.15) is 5.26 Å². The van der Waals surface area contributed by atoms with Crippen LogP contribution in [-0.4, -0.2) is 41.2 Å². The van der Waals surface area contributed by atoms with Gasteiger partial charge in [-0.25, -0.2) is 0 Å². The summed E-state index contributed by atoms with van der Waals surface area (Å²) in [6.45, 7) is 4.87. The van der Waals surface area contributed by atoms with E-state index in [-0.39, 0.29) is 17.9 Å². The summed E-state index contributed by atoms with van der Waals surface area (Å²) in [7, 11) is 0. The van der Waals surface area contributed by atoms with Crippen LogP contribution in [0.5, 0.6) is 5.75 Å². The molecular weight excluding hydrogens is 280 g/mol. The Balaban J connectivity index is 1.88. The van der Waals surface area contributed by atoms with Gasteiger partial charge in [0, 0.05) is 13.1 Å². The second-order valence-electron chi connectivity index (χ2n) is 5.80. The van der Waals surface area contributed by atoms with Crippen LogP contribution >= 0.6 is 0 Å². The molecule has 0 spiro atoms. The van der Waals surface area contributed by atoms with E-state index in [1.807, 2.05) is 6.07 Å². The van der Waals surface area contributed by atoms with Crippen molar-refractivity contribution in [3.8, 4) is 11.8 Å². The Labute approximate surface area is 131 Å². The van der Waals surface area contributed by atoms with Crippen LogP contribution in [0, 0.1) is 17.2 Å². The van der Waals surface area contributed by atoms with Crippen molar-refractivity contribution < 1.29 is 14.6 Å². The lowest BCUT2D eigenvalue weighted by atomic mass is 9.92. The number of hydrogen-bond acceptors (Lipinski definition) is 4. The smallest absolute Gasteiger partial charge is 0.263 e. The SMILES string of the molecule is CC(Oc1ccc(C#N)cc1)C(=O)N1CCC(C(C)O)CC1. The molecule has 0 bridgehead atoms. The van der Waals surface area contributed by atoms with Gasteiger partial charge >= 0.3 is 0 Å². The fraction of sp³-hybridized carbons (Fsp3) is 0.529. The standard InChI is InChI=1S/C17H22N2O3/c1-12(20)15-7-9-19(10-8-15)17(21)13(2)22-16-5-3-14(11-18)4-6-16/h3-6,12-13,15,20H,7-10H2,1-2H3. The number of carbonyl (C=O) groups is 1. The Morgan fingerprint density at radius 2 is 1.91 bits per heavy atom. The topological polar surface area (TPSA) is 73.6 Å². The van der Waals surface area contributed by atoms with Crippen molar-refractivity contribution >= 4 is 5.91 Å². The molecule has 22 heavy (non-hydrogen) atoms. The van der Waals surface area contributed by atoms with Crippen LogP contribution in [0.25, 0.3) is 0 Å². The molecule has 1 aromatic carbocycles. The van der Waals surface area contributed by atoms with E-state index < -0.39 is 6.10 Å². The number of piperidine rings is 1. The Kier molecular flexibility index (Phi) is 5.40. The van der Waals surface area contributed by atoms with E-state index in [2.05, 4.69) is 0 Å². The van der Waals surface area contributed by atoms with Crippen molar-refractivity contribution in [2.45, 2.75) is 38.9 Å². The molecule has 1 fully saturated rings. The van der Waals surface area contributed by atoms with E-state index in [0.717, 1.165) is 12.8 Å². The van der Waals surface area contributed by atoms with Gasteiger partial charge in [-0.1, -0.05) is 0 Å². The number of amides is 1. The van der Waals surface area contributed by atoms with Crippen LogP contribution in [0.3, 0.4) is 0 Å². The van der Waals surface area contributed by atoms with E-state index in [4.69, 9.17) is 10.00 Å². The van der Waals surface area contributed by atoms with Crippen LogP contribution in [0.1, 0.15) is 32.3 Å². The molecule has 0 radical (unpaired) electrons. The van der Waals surface area contributed by atoms with Crippen molar-refractivity contribution in [1.29, 1.82) is 5.26 Å². The Hall–Kier alpha value is -2.06. The van der Waals surface area contributed by atoms with E-state index in [1.54, 1.807) is 43.0 Å². The van der Waals surface area contributed by atoms with Gasteiger partial charge in [-0.05, 0) is 56.9 Å². The van der Waals surface area contributed by atoms with E-state index in [1.165, 1.54) is 0 Å². The first kappa shape index (κ1) is 16.3. The molecule has 0 saturated carbocycles. The van der Waals surface area contributed by atoms with Gasteiger partial charge < -0.3 is 14.7 Å². The van der Waals surface area contributed by atoms with Crippen molar-refractivity contribution in [3.05, 3.63) is 29.8 Å². The number of hydrogen-bond donors (Lipinski definition) is 1. The summed E-state index contributed by atoms with van der Waals surface area (Å²) in [5.74, 6) is 0.825. The van der Waals surface area contributed by atoms with Crippen LogP contribution in [0.15, 0.2) is 24.3 Å². The zero-order valence-corrected chi connectivity index (χ0v) is 13.0. The van der Waals surface area contributed by atoms with Gasteiger partial charge in [0.05, 0.1) is 17.7 Å². The molecule has 1 N–H and O–H groups in total. The molecule has 0 aliphatic carbocycles. The minimum absolute atomic E-state index is 0.0339. The highest BCUT2D eigenvalue weighted by atomic mass is 16.5. The minimum atomic E-state index is -0.559. The number of benzene rings is 1. The minimum Gasteiger partial charge on any atom is -0.481 e. The molecule has 5 nitrogen and oxygen atoms in total. The van der Waals surface area contributed by atoms with E-state index in [0.29, 0.717) is 24.4 Å². The van der Waals surface area contributed by atoms with Gasteiger partial charge in [0.2, 0.25) is 0 Å². The quantitative estimate of drug-likeness (QED) is 0.922. The average Bonchev–Trinajstić information content (AvgIpc) is 2.55. The first-order valence-corrected chi connectivity index (χ1v) is 7.65. The monoisotopic (exact) mass is 302 g/mol. The fourth-order valence-electron chi connectivity index (χ4n) is 2.72. The third-order valence-electron chi connectivity index (χ3n) is 4.18. The normalized spacial score (nSPS) is 18.4. The van der Waals surface area contributed by atoms with E-state index >= 15 is 0 Å². The average molecular weight is 302 g/mol. The highest BCUT2D eigenvalue weighted by molar-refractivity contribution is 5.81. The summed E-state index contributed by atoms with van der Waals surface area (Å²) in [6, 6.07) is 8.77. The first-order valence-electron chi connectivity index (χ1n) is 7.65. The molecule has 1 aromatic rings. The lowest BCUT2D eigenvalue weighted by Crippen LogP contribution is -2.46. The van der Waals surface area contributed by atoms with Crippen molar-refractivity contribution in [3.63, 3.8) is 0 Å². The Bertz CT molecular complexity index is 540. The Morgan fingerprint density at radius 1 is 1.32 bits per heavy atom. The van der Waals surface area contributed by atoms with Gasteiger partial charge in [0.25, 0.3) is 5.91 Å². The number of aliphatic hydroxyl groups excluding tert-OH is 1. The highest BCUT2D eigenvalue weighted by Crippen LogP contribution is 2.22. The second-order valence-corrected chi connectivity index (χ2v) is 5.80. The highest BCUT2D eigenvalue weighted by Gasteiger charge is 2.28. The zero-order valence-electron chi connectivity index (χ0n) is 13.0. The Morgan fingerprint density at radius 3 is 2.41 bits per heavy atom. The summed E-state index contributed by atoms with van der Waals surface area (Å²) in [6.07, 6.45) is 0.778. The maximum absolute atomic E-state index is 12.4. The number of carbonyl (C=O) groups excluding carboxylic acids is 1. The summed E-state index contributed by atoms with van der Waals surface area (Å²) < 4.78 is 5.65. The molecule has 118 valence electrons. The summed E-state index contributed by atoms with van der Waals surface area (Å²) >= 11 is 0. The number of nitrogens with zero attached hydrogens (tertiary/aromatic N) is 2. The molecule has 2 rings (SSSR count). The van der Waals surface area contributed by atoms with Crippen molar-refractivity contribution in [1.82, 2.24) is 4.90 Å². The van der Waals surface area contributed by atoms with Crippen molar-refractivity contribution in [2.24, 2.45) is 5.92 Å². The number of rotatable bonds is 4. The van der Waals surface area contributed by atoms with Gasteiger partial charge in [-0.15, -0.1) is 0 Å². The molecular formula is C17H22N2O3. The largest absolute Gasteiger partial charge is 0.481 e. The molecule has 0 aromatic heterocycles. The zero-order chi connectivity index (χ0) is 16.1. The summed E-state index contributed by atoms with van der Waals surface area (Å²) in [4.78, 5) is 14.2.